The second-order valence-corrected chi connectivity index (χ2v) is 14.5. The first-order valence-corrected chi connectivity index (χ1v) is 17.8. The fraction of sp³-hybridized carbons (Fsp3) is 0.209. The highest BCUT2D eigenvalue weighted by molar-refractivity contribution is 9.10. The number of anilines is 1. The van der Waals surface area contributed by atoms with Crippen molar-refractivity contribution in [1.82, 2.24) is 0 Å². The number of phenols is 1. The van der Waals surface area contributed by atoms with Crippen LogP contribution in [0.2, 0.25) is 0 Å². The number of phenolic OH excluding ortho intramolecular Hbond substituents is 1. The molecule has 1 saturated heterocycles. The largest absolute Gasteiger partial charge is 0.504 e. The zero-order chi connectivity index (χ0) is 35.4. The Morgan fingerprint density at radius 2 is 1.57 bits per heavy atom. The van der Waals surface area contributed by atoms with Gasteiger partial charge in [0.05, 0.1) is 30.0 Å². The Morgan fingerprint density at radius 1 is 0.863 bits per heavy atom. The summed E-state index contributed by atoms with van der Waals surface area (Å²) in [6.45, 7) is 0. The van der Waals surface area contributed by atoms with E-state index in [1.807, 2.05) is 78.9 Å². The van der Waals surface area contributed by atoms with Crippen molar-refractivity contribution in [3.63, 3.8) is 0 Å². The number of fused-ring (bicyclic) bond motifs is 4. The average molecular weight is 741 g/mol. The van der Waals surface area contributed by atoms with Crippen LogP contribution in [0.25, 0.3) is 11.6 Å². The molecule has 4 aromatic rings. The van der Waals surface area contributed by atoms with Gasteiger partial charge in [0.1, 0.15) is 0 Å². The van der Waals surface area contributed by atoms with Crippen molar-refractivity contribution >= 4 is 56.6 Å². The first-order chi connectivity index (χ1) is 24.7. The van der Waals surface area contributed by atoms with E-state index in [4.69, 9.17) is 4.74 Å². The first-order valence-electron chi connectivity index (χ1n) is 17.0. The van der Waals surface area contributed by atoms with Gasteiger partial charge in [-0.1, -0.05) is 106 Å². The van der Waals surface area contributed by atoms with Crippen molar-refractivity contribution in [2.75, 3.05) is 12.0 Å². The predicted octanol–water partition coefficient (Wildman–Crippen LogP) is 7.74. The number of ketones is 2. The summed E-state index contributed by atoms with van der Waals surface area (Å²) in [7, 11) is 1.48. The van der Waals surface area contributed by atoms with Crippen molar-refractivity contribution in [3.05, 3.63) is 148 Å². The number of nitrogens with zero attached hydrogens (tertiary/aromatic N) is 1. The fourth-order valence-electron chi connectivity index (χ4n) is 8.97. The molecule has 4 aliphatic rings. The quantitative estimate of drug-likeness (QED) is 0.161. The maximum Gasteiger partial charge on any atom is 0.238 e. The van der Waals surface area contributed by atoms with Crippen LogP contribution in [0.15, 0.2) is 131 Å². The number of rotatable bonds is 6. The number of benzene rings is 4. The van der Waals surface area contributed by atoms with Crippen LogP contribution in [0, 0.1) is 29.6 Å². The molecule has 8 rings (SSSR count). The Hall–Kier alpha value is -5.34. The van der Waals surface area contributed by atoms with Crippen LogP contribution in [0.1, 0.15) is 29.5 Å². The minimum Gasteiger partial charge on any atom is -0.504 e. The Labute approximate surface area is 304 Å². The molecule has 2 amide bonds. The van der Waals surface area contributed by atoms with Gasteiger partial charge in [0, 0.05) is 21.9 Å². The molecule has 2 fully saturated rings. The molecule has 0 unspecified atom stereocenters. The number of methoxy groups -OCH3 is 1. The number of hydrogen-bond donors (Lipinski definition) is 1. The minimum absolute atomic E-state index is 0.000561. The fourth-order valence-corrected chi connectivity index (χ4v) is 9.24. The Morgan fingerprint density at radius 3 is 2.27 bits per heavy atom. The lowest BCUT2D eigenvalue weighted by Crippen LogP contribution is -2.59. The topological polar surface area (TPSA) is 101 Å². The van der Waals surface area contributed by atoms with Gasteiger partial charge in [-0.25, -0.2) is 0 Å². The van der Waals surface area contributed by atoms with Gasteiger partial charge in [-0.05, 0) is 77.9 Å². The van der Waals surface area contributed by atoms with Crippen molar-refractivity contribution in [2.45, 2.75) is 18.3 Å². The molecule has 0 spiro atoms. The molecule has 51 heavy (non-hydrogen) atoms. The molecule has 7 nitrogen and oxygen atoms in total. The van der Waals surface area contributed by atoms with Crippen LogP contribution in [-0.2, 0) is 24.6 Å². The maximum atomic E-state index is 15.1. The van der Waals surface area contributed by atoms with Crippen molar-refractivity contribution < 1.29 is 29.0 Å². The number of halogens is 1. The van der Waals surface area contributed by atoms with Gasteiger partial charge in [-0.3, -0.25) is 24.1 Å². The van der Waals surface area contributed by atoms with Gasteiger partial charge in [-0.15, -0.1) is 0 Å². The van der Waals surface area contributed by atoms with Crippen LogP contribution in [0.4, 0.5) is 5.69 Å². The second-order valence-electron chi connectivity index (χ2n) is 13.6. The molecule has 3 aliphatic carbocycles. The number of carbonyl (C=O) groups excluding carboxylic acids is 4. The lowest BCUT2D eigenvalue weighted by Gasteiger charge is -2.54. The average Bonchev–Trinajstić information content (AvgIpc) is 3.42. The van der Waals surface area contributed by atoms with E-state index in [0.29, 0.717) is 29.0 Å². The molecule has 0 bridgehead atoms. The molecule has 8 heteroatoms. The number of Topliss-reactive ketones (excluding diaryl/α,β-unsaturated/α-hetero) is 1. The van der Waals surface area contributed by atoms with Gasteiger partial charge < -0.3 is 9.84 Å². The van der Waals surface area contributed by atoms with Crippen molar-refractivity contribution in [2.24, 2.45) is 29.6 Å². The third kappa shape index (κ3) is 5.15. The van der Waals surface area contributed by atoms with Crippen LogP contribution in [0.5, 0.6) is 11.5 Å². The third-order valence-corrected chi connectivity index (χ3v) is 11.7. The highest BCUT2D eigenvalue weighted by Crippen LogP contribution is 2.61. The van der Waals surface area contributed by atoms with Gasteiger partial charge in [0.2, 0.25) is 11.8 Å². The number of imide groups is 1. The van der Waals surface area contributed by atoms with E-state index in [-0.39, 0.29) is 35.6 Å². The number of ether oxygens (including phenoxy) is 1. The Balaban J connectivity index is 1.32. The zero-order valence-corrected chi connectivity index (χ0v) is 29.3. The highest BCUT2D eigenvalue weighted by Gasteiger charge is 2.65. The van der Waals surface area contributed by atoms with E-state index in [1.54, 1.807) is 42.5 Å². The number of aromatic hydroxyl groups is 1. The standard InChI is InChI=1S/C43H34BrNO6/c1-51-37-22-25(13-21-36(37)46)12-20-34-30-18-19-31-39(42(50)45(41(31)49)29-16-14-28(44)15-17-29)33(30)23-35-40(48)32(26-8-4-2-5-9-26)24-38(47)43(34,35)27-10-6-3-7-11-27/h2-18,20-22,24,31,33-35,39,46H,19,23H2,1H3/t31-,33+,34-,35-,39-,43-/m0/s1. The summed E-state index contributed by atoms with van der Waals surface area (Å²) in [6.07, 6.45) is 7.98. The first kappa shape index (κ1) is 32.8. The second kappa shape index (κ2) is 12.8. The monoisotopic (exact) mass is 739 g/mol. The van der Waals surface area contributed by atoms with E-state index in [1.165, 1.54) is 18.1 Å². The summed E-state index contributed by atoms with van der Waals surface area (Å²) in [4.78, 5) is 59.8. The summed E-state index contributed by atoms with van der Waals surface area (Å²) < 4.78 is 6.20. The molecule has 1 heterocycles. The summed E-state index contributed by atoms with van der Waals surface area (Å²) in [5.41, 5.74) is 2.56. The summed E-state index contributed by atoms with van der Waals surface area (Å²) >= 11 is 3.44. The summed E-state index contributed by atoms with van der Waals surface area (Å²) in [6, 6.07) is 30.8. The van der Waals surface area contributed by atoms with Gasteiger partial charge in [-0.2, -0.15) is 0 Å². The number of hydrogen-bond acceptors (Lipinski definition) is 6. The Bertz CT molecular complexity index is 2170. The summed E-state index contributed by atoms with van der Waals surface area (Å²) in [5, 5.41) is 10.3. The van der Waals surface area contributed by atoms with Crippen molar-refractivity contribution in [3.8, 4) is 11.5 Å². The van der Waals surface area contributed by atoms with Gasteiger partial charge in [0.15, 0.2) is 23.1 Å². The number of amides is 2. The van der Waals surface area contributed by atoms with Crippen LogP contribution in [0.3, 0.4) is 0 Å². The van der Waals surface area contributed by atoms with E-state index >= 15 is 4.79 Å². The zero-order valence-electron chi connectivity index (χ0n) is 27.7. The van der Waals surface area contributed by atoms with E-state index in [2.05, 4.69) is 15.9 Å². The van der Waals surface area contributed by atoms with Crippen LogP contribution < -0.4 is 9.64 Å². The van der Waals surface area contributed by atoms with Gasteiger partial charge in [0.25, 0.3) is 0 Å². The predicted molar refractivity (Wildman–Crippen MR) is 198 cm³/mol. The smallest absolute Gasteiger partial charge is 0.238 e. The van der Waals surface area contributed by atoms with Crippen LogP contribution >= 0.6 is 15.9 Å². The lowest BCUT2D eigenvalue weighted by atomic mass is 9.45. The van der Waals surface area contributed by atoms with E-state index in [0.717, 1.165) is 21.2 Å². The molecule has 4 aromatic carbocycles. The molecular weight excluding hydrogens is 706 g/mol. The number of carbonyl (C=O) groups is 4. The maximum absolute atomic E-state index is 15.1. The SMILES string of the molecule is COc1cc(C=C[C@H]2C3=CC[C@@H]4C(=O)N(c5ccc(Br)cc5)C(=O)[C@@H]4[C@@H]3C[C@H]3C(=O)C(c4ccccc4)=CC(=O)[C@@]23c2ccccc2)ccc1O. The molecule has 6 atom stereocenters. The highest BCUT2D eigenvalue weighted by atomic mass is 79.9. The molecule has 0 aromatic heterocycles. The molecule has 254 valence electrons. The molecule has 0 radical (unpaired) electrons. The van der Waals surface area contributed by atoms with E-state index < -0.39 is 35.0 Å². The third-order valence-electron chi connectivity index (χ3n) is 11.2. The van der Waals surface area contributed by atoms with Crippen molar-refractivity contribution in [1.29, 1.82) is 0 Å². The summed E-state index contributed by atoms with van der Waals surface area (Å²) in [5.74, 6) is -3.73. The Kier molecular flexibility index (Phi) is 8.22. The normalized spacial score (nSPS) is 27.1. The van der Waals surface area contributed by atoms with Gasteiger partial charge >= 0.3 is 0 Å². The minimum atomic E-state index is -1.31. The van der Waals surface area contributed by atoms with E-state index in [9.17, 15) is 19.5 Å². The lowest BCUT2D eigenvalue weighted by molar-refractivity contribution is -0.135. The molecule has 1 aliphatic heterocycles. The molecule has 1 N–H and O–H groups in total. The number of allylic oxidation sites excluding steroid dienone is 5. The van der Waals surface area contributed by atoms with Crippen LogP contribution in [-0.4, -0.2) is 35.6 Å². The molecular formula is C43H34BrNO6. The molecule has 1 saturated carbocycles.